The second-order valence-corrected chi connectivity index (χ2v) is 5.73. The van der Waals surface area contributed by atoms with Crippen LogP contribution in [0.2, 0.25) is 0 Å². The maximum Gasteiger partial charge on any atom is 0.312 e. The quantitative estimate of drug-likeness (QED) is 0.525. The summed E-state index contributed by atoms with van der Waals surface area (Å²) in [6.07, 6.45) is 0.522. The Bertz CT molecular complexity index is 290. The Balaban J connectivity index is 4.42. The lowest BCUT2D eigenvalue weighted by Crippen LogP contribution is -2.50. The second kappa shape index (κ2) is 7.20. The Labute approximate surface area is 108 Å². The second-order valence-electron chi connectivity index (χ2n) is 5.73. The molecule has 0 aromatic rings. The molecule has 106 valence electrons. The third-order valence-corrected chi connectivity index (χ3v) is 2.51. The zero-order chi connectivity index (χ0) is 14.3. The fraction of sp³-hybridized carbons (Fsp3) is 0.833. The van der Waals surface area contributed by atoms with Crippen molar-refractivity contribution in [2.45, 2.75) is 40.2 Å². The number of amides is 3. The van der Waals surface area contributed by atoms with Gasteiger partial charge in [0.15, 0.2) is 0 Å². The van der Waals surface area contributed by atoms with Crippen molar-refractivity contribution in [1.82, 2.24) is 10.6 Å². The number of hydrogen-bond donors (Lipinski definition) is 4. The maximum atomic E-state index is 11.9. The van der Waals surface area contributed by atoms with Crippen LogP contribution in [0.3, 0.4) is 0 Å². The number of primary amides is 1. The number of nitrogens with two attached hydrogens (primary N) is 1. The summed E-state index contributed by atoms with van der Waals surface area (Å²) in [6, 6.07) is -1.34. The van der Waals surface area contributed by atoms with E-state index in [1.54, 1.807) is 0 Å². The van der Waals surface area contributed by atoms with Gasteiger partial charge < -0.3 is 21.5 Å². The van der Waals surface area contributed by atoms with Crippen LogP contribution in [-0.2, 0) is 4.79 Å². The van der Waals surface area contributed by atoms with E-state index in [-0.39, 0.29) is 23.8 Å². The van der Waals surface area contributed by atoms with Crippen LogP contribution in [0.4, 0.5) is 4.79 Å². The van der Waals surface area contributed by atoms with Gasteiger partial charge in [0.1, 0.15) is 6.04 Å². The van der Waals surface area contributed by atoms with Gasteiger partial charge in [-0.05, 0) is 12.3 Å². The summed E-state index contributed by atoms with van der Waals surface area (Å²) in [6.45, 7) is 7.92. The van der Waals surface area contributed by atoms with Crippen LogP contribution < -0.4 is 16.4 Å². The van der Waals surface area contributed by atoms with Gasteiger partial charge in [-0.25, -0.2) is 4.79 Å². The van der Waals surface area contributed by atoms with Crippen LogP contribution in [0.5, 0.6) is 0 Å². The minimum Gasteiger partial charge on any atom is -0.396 e. The van der Waals surface area contributed by atoms with Crippen LogP contribution in [-0.4, -0.2) is 36.2 Å². The molecule has 0 aliphatic heterocycles. The highest BCUT2D eigenvalue weighted by Gasteiger charge is 2.23. The number of aliphatic hydroxyl groups excluding tert-OH is 1. The standard InChI is InChI=1S/C12H25N3O3/c1-8(2)5-9(15-11(13)18)10(17)14-6-12(3,4)7-16/h8-9,16H,5-7H2,1-4H3,(H,14,17)(H3,13,15,18). The van der Waals surface area contributed by atoms with Gasteiger partial charge in [0.25, 0.3) is 0 Å². The fourth-order valence-corrected chi connectivity index (χ4v) is 1.38. The molecular formula is C12H25N3O3. The smallest absolute Gasteiger partial charge is 0.312 e. The summed E-state index contributed by atoms with van der Waals surface area (Å²) >= 11 is 0. The van der Waals surface area contributed by atoms with Crippen LogP contribution in [0.15, 0.2) is 0 Å². The molecule has 0 bridgehead atoms. The highest BCUT2D eigenvalue weighted by molar-refractivity contribution is 5.86. The first-order chi connectivity index (χ1) is 8.18. The molecule has 6 nitrogen and oxygen atoms in total. The van der Waals surface area contributed by atoms with Gasteiger partial charge in [-0.2, -0.15) is 0 Å². The molecule has 0 aliphatic rings. The van der Waals surface area contributed by atoms with Crippen molar-refractivity contribution in [2.75, 3.05) is 13.2 Å². The molecule has 0 radical (unpaired) electrons. The molecule has 6 heteroatoms. The number of aliphatic hydroxyl groups is 1. The molecule has 0 spiro atoms. The summed E-state index contributed by atoms with van der Waals surface area (Å²) in [5.74, 6) is -0.0116. The van der Waals surface area contributed by atoms with E-state index in [4.69, 9.17) is 10.8 Å². The molecule has 0 fully saturated rings. The number of carbonyl (C=O) groups excluding carboxylic acids is 2. The molecule has 3 amide bonds. The predicted molar refractivity (Wildman–Crippen MR) is 69.8 cm³/mol. The molecule has 0 saturated heterocycles. The monoisotopic (exact) mass is 259 g/mol. The van der Waals surface area contributed by atoms with E-state index in [2.05, 4.69) is 10.6 Å². The van der Waals surface area contributed by atoms with Crippen molar-refractivity contribution in [3.63, 3.8) is 0 Å². The topological polar surface area (TPSA) is 104 Å². The highest BCUT2D eigenvalue weighted by atomic mass is 16.3. The van der Waals surface area contributed by atoms with Crippen molar-refractivity contribution in [3.05, 3.63) is 0 Å². The Hall–Kier alpha value is -1.30. The van der Waals surface area contributed by atoms with Gasteiger partial charge in [-0.3, -0.25) is 4.79 Å². The third kappa shape index (κ3) is 7.11. The van der Waals surface area contributed by atoms with Gasteiger partial charge in [0.2, 0.25) is 5.91 Å². The van der Waals surface area contributed by atoms with E-state index in [1.807, 2.05) is 27.7 Å². The molecule has 0 heterocycles. The third-order valence-electron chi connectivity index (χ3n) is 2.51. The first-order valence-corrected chi connectivity index (χ1v) is 6.12. The first-order valence-electron chi connectivity index (χ1n) is 6.12. The summed E-state index contributed by atoms with van der Waals surface area (Å²) in [5, 5.41) is 14.2. The SMILES string of the molecule is CC(C)CC(NC(N)=O)C(=O)NCC(C)(C)CO. The Morgan fingerprint density at radius 1 is 1.33 bits per heavy atom. The van der Waals surface area contributed by atoms with Crippen LogP contribution in [0.1, 0.15) is 34.1 Å². The van der Waals surface area contributed by atoms with E-state index in [0.717, 1.165) is 0 Å². The lowest BCUT2D eigenvalue weighted by molar-refractivity contribution is -0.123. The van der Waals surface area contributed by atoms with Crippen molar-refractivity contribution in [1.29, 1.82) is 0 Å². The molecule has 1 unspecified atom stereocenters. The minimum atomic E-state index is -0.711. The molecule has 0 rings (SSSR count). The molecule has 0 aromatic carbocycles. The number of carbonyl (C=O) groups is 2. The lowest BCUT2D eigenvalue weighted by atomic mass is 9.94. The van der Waals surface area contributed by atoms with Crippen molar-refractivity contribution in [2.24, 2.45) is 17.1 Å². The van der Waals surface area contributed by atoms with E-state index < -0.39 is 12.1 Å². The highest BCUT2D eigenvalue weighted by Crippen LogP contribution is 2.12. The van der Waals surface area contributed by atoms with E-state index >= 15 is 0 Å². The van der Waals surface area contributed by atoms with Crippen LogP contribution in [0, 0.1) is 11.3 Å². The lowest BCUT2D eigenvalue weighted by Gasteiger charge is -2.25. The van der Waals surface area contributed by atoms with Gasteiger partial charge in [0, 0.05) is 18.6 Å². The van der Waals surface area contributed by atoms with Crippen molar-refractivity contribution in [3.8, 4) is 0 Å². The Morgan fingerprint density at radius 2 is 1.89 bits per heavy atom. The minimum absolute atomic E-state index is 0.0224. The van der Waals surface area contributed by atoms with Gasteiger partial charge in [-0.1, -0.05) is 27.7 Å². The first kappa shape index (κ1) is 16.7. The van der Waals surface area contributed by atoms with Gasteiger partial charge in [0.05, 0.1) is 0 Å². The van der Waals surface area contributed by atoms with E-state index in [1.165, 1.54) is 0 Å². The van der Waals surface area contributed by atoms with Crippen LogP contribution >= 0.6 is 0 Å². The molecule has 0 saturated carbocycles. The zero-order valence-electron chi connectivity index (χ0n) is 11.6. The van der Waals surface area contributed by atoms with Crippen LogP contribution in [0.25, 0.3) is 0 Å². The summed E-state index contributed by atoms with van der Waals surface area (Å²) in [5.41, 5.74) is 4.66. The predicted octanol–water partition coefficient (Wildman–Crippen LogP) is 0.204. The molecular weight excluding hydrogens is 234 g/mol. The average molecular weight is 259 g/mol. The molecule has 0 aliphatic carbocycles. The Kier molecular flexibility index (Phi) is 6.68. The number of hydrogen-bond acceptors (Lipinski definition) is 3. The van der Waals surface area contributed by atoms with Crippen molar-refractivity contribution < 1.29 is 14.7 Å². The molecule has 1 atom stereocenters. The van der Waals surface area contributed by atoms with Crippen molar-refractivity contribution >= 4 is 11.9 Å². The molecule has 0 aromatic heterocycles. The van der Waals surface area contributed by atoms with Gasteiger partial charge >= 0.3 is 6.03 Å². The zero-order valence-corrected chi connectivity index (χ0v) is 11.6. The normalized spacial score (nSPS) is 13.2. The summed E-state index contributed by atoms with van der Waals surface area (Å²) in [7, 11) is 0. The van der Waals surface area contributed by atoms with Gasteiger partial charge in [-0.15, -0.1) is 0 Å². The molecule has 5 N–H and O–H groups in total. The maximum absolute atomic E-state index is 11.9. The average Bonchev–Trinajstić information content (AvgIpc) is 2.24. The summed E-state index contributed by atoms with van der Waals surface area (Å²) in [4.78, 5) is 22.8. The summed E-state index contributed by atoms with van der Waals surface area (Å²) < 4.78 is 0. The van der Waals surface area contributed by atoms with E-state index in [9.17, 15) is 9.59 Å². The van der Waals surface area contributed by atoms with E-state index in [0.29, 0.717) is 13.0 Å². The number of rotatable bonds is 7. The number of nitrogens with one attached hydrogen (secondary N) is 2. The number of urea groups is 1. The molecule has 18 heavy (non-hydrogen) atoms. The Morgan fingerprint density at radius 3 is 2.28 bits per heavy atom. The largest absolute Gasteiger partial charge is 0.396 e. The fourth-order valence-electron chi connectivity index (χ4n) is 1.38.